The lowest BCUT2D eigenvalue weighted by Crippen LogP contribution is -2.45. The third kappa shape index (κ3) is 3.27. The van der Waals surface area contributed by atoms with Crippen molar-refractivity contribution in [2.45, 2.75) is 44.2 Å². The number of nitrogens with zero attached hydrogens (tertiary/aromatic N) is 4. The van der Waals surface area contributed by atoms with Crippen LogP contribution < -0.4 is 5.73 Å². The molecular formula is C15H27N5O. The van der Waals surface area contributed by atoms with Crippen LogP contribution in [0, 0.1) is 5.92 Å². The summed E-state index contributed by atoms with van der Waals surface area (Å²) in [6.45, 7) is 3.05. The molecule has 1 aromatic heterocycles. The lowest BCUT2D eigenvalue weighted by molar-refractivity contribution is 0.108. The van der Waals surface area contributed by atoms with Crippen LogP contribution in [0.5, 0.6) is 0 Å². The maximum atomic E-state index is 6.35. The average Bonchev–Trinajstić information content (AvgIpc) is 2.99. The molecule has 2 aliphatic rings. The van der Waals surface area contributed by atoms with Gasteiger partial charge in [-0.2, -0.15) is 4.98 Å². The molecule has 1 saturated heterocycles. The van der Waals surface area contributed by atoms with Crippen molar-refractivity contribution < 1.29 is 4.52 Å². The van der Waals surface area contributed by atoms with Gasteiger partial charge in [0.05, 0.1) is 12.1 Å². The summed E-state index contributed by atoms with van der Waals surface area (Å²) >= 11 is 0. The van der Waals surface area contributed by atoms with E-state index in [4.69, 9.17) is 10.3 Å². The molecule has 1 saturated carbocycles. The van der Waals surface area contributed by atoms with Crippen molar-refractivity contribution in [3.05, 3.63) is 11.7 Å². The lowest BCUT2D eigenvalue weighted by atomic mass is 9.84. The molecule has 0 radical (unpaired) electrons. The summed E-state index contributed by atoms with van der Waals surface area (Å²) in [5, 5.41) is 4.21. The number of nitrogens with two attached hydrogens (primary N) is 1. The summed E-state index contributed by atoms with van der Waals surface area (Å²) < 4.78 is 5.49. The zero-order valence-corrected chi connectivity index (χ0v) is 13.2. The van der Waals surface area contributed by atoms with Crippen molar-refractivity contribution in [1.29, 1.82) is 0 Å². The molecule has 0 bridgehead atoms. The molecule has 0 spiro atoms. The van der Waals surface area contributed by atoms with E-state index in [0.717, 1.165) is 25.5 Å². The van der Waals surface area contributed by atoms with Crippen LogP contribution >= 0.6 is 0 Å². The Morgan fingerprint density at radius 3 is 2.71 bits per heavy atom. The van der Waals surface area contributed by atoms with Gasteiger partial charge in [0.1, 0.15) is 0 Å². The molecule has 2 fully saturated rings. The van der Waals surface area contributed by atoms with Crippen molar-refractivity contribution in [3.8, 4) is 0 Å². The summed E-state index contributed by atoms with van der Waals surface area (Å²) in [4.78, 5) is 9.22. The number of piperazine rings is 1. The van der Waals surface area contributed by atoms with E-state index in [2.05, 4.69) is 34.0 Å². The Labute approximate surface area is 126 Å². The maximum absolute atomic E-state index is 6.35. The second-order valence-corrected chi connectivity index (χ2v) is 6.67. The van der Waals surface area contributed by atoms with E-state index in [9.17, 15) is 0 Å². The Hall–Kier alpha value is -0.980. The third-order valence-corrected chi connectivity index (χ3v) is 5.05. The zero-order chi connectivity index (χ0) is 14.8. The number of rotatable bonds is 3. The third-order valence-electron chi connectivity index (χ3n) is 5.05. The Morgan fingerprint density at radius 1 is 1.19 bits per heavy atom. The monoisotopic (exact) mass is 293 g/mol. The van der Waals surface area contributed by atoms with Gasteiger partial charge in [-0.3, -0.25) is 4.90 Å². The van der Waals surface area contributed by atoms with Gasteiger partial charge >= 0.3 is 0 Å². The number of hydrogen-bond acceptors (Lipinski definition) is 6. The molecule has 3 rings (SSSR count). The Balaban J connectivity index is 1.70. The van der Waals surface area contributed by atoms with Gasteiger partial charge in [-0.25, -0.2) is 0 Å². The van der Waals surface area contributed by atoms with Gasteiger partial charge in [0.2, 0.25) is 5.89 Å². The van der Waals surface area contributed by atoms with E-state index in [1.807, 2.05) is 0 Å². The van der Waals surface area contributed by atoms with Crippen molar-refractivity contribution in [2.24, 2.45) is 11.7 Å². The topological polar surface area (TPSA) is 71.4 Å². The molecule has 1 aromatic rings. The van der Waals surface area contributed by atoms with Crippen molar-refractivity contribution in [2.75, 3.05) is 33.7 Å². The van der Waals surface area contributed by atoms with Gasteiger partial charge < -0.3 is 15.2 Å². The van der Waals surface area contributed by atoms with Gasteiger partial charge in [-0.05, 0) is 32.9 Å². The fourth-order valence-electron chi connectivity index (χ4n) is 3.50. The Bertz CT molecular complexity index is 457. The molecule has 1 aliphatic heterocycles. The highest BCUT2D eigenvalue weighted by molar-refractivity contribution is 5.01. The van der Waals surface area contributed by atoms with E-state index in [1.165, 1.54) is 32.1 Å². The SMILES string of the molecule is CN1CCN(C)C(c2noc(C(N)C3CCCCC3)n2)C1. The summed E-state index contributed by atoms with van der Waals surface area (Å²) in [6.07, 6.45) is 6.25. The molecule has 0 aromatic carbocycles. The van der Waals surface area contributed by atoms with Crippen LogP contribution in [0.15, 0.2) is 4.52 Å². The van der Waals surface area contributed by atoms with Crippen LogP contribution in [-0.2, 0) is 0 Å². The highest BCUT2D eigenvalue weighted by Gasteiger charge is 2.31. The summed E-state index contributed by atoms with van der Waals surface area (Å²) in [5.74, 6) is 1.91. The lowest BCUT2D eigenvalue weighted by Gasteiger charge is -2.35. The maximum Gasteiger partial charge on any atom is 0.243 e. The van der Waals surface area contributed by atoms with Crippen LogP contribution in [0.1, 0.15) is 55.9 Å². The quantitative estimate of drug-likeness (QED) is 0.912. The molecule has 6 nitrogen and oxygen atoms in total. The molecule has 118 valence electrons. The zero-order valence-electron chi connectivity index (χ0n) is 13.2. The second kappa shape index (κ2) is 6.42. The predicted molar refractivity (Wildman–Crippen MR) is 80.7 cm³/mol. The molecule has 21 heavy (non-hydrogen) atoms. The highest BCUT2D eigenvalue weighted by atomic mass is 16.5. The van der Waals surface area contributed by atoms with Gasteiger partial charge in [-0.1, -0.05) is 24.4 Å². The minimum absolute atomic E-state index is 0.0989. The molecule has 2 atom stereocenters. The minimum atomic E-state index is -0.0989. The first-order valence-electron chi connectivity index (χ1n) is 8.13. The first-order valence-corrected chi connectivity index (χ1v) is 8.13. The Kier molecular flexibility index (Phi) is 4.57. The first-order chi connectivity index (χ1) is 10.1. The molecule has 0 amide bonds. The van der Waals surface area contributed by atoms with Crippen LogP contribution in [0.25, 0.3) is 0 Å². The van der Waals surface area contributed by atoms with Gasteiger partial charge in [0.25, 0.3) is 0 Å². The van der Waals surface area contributed by atoms with Crippen molar-refractivity contribution in [3.63, 3.8) is 0 Å². The summed E-state index contributed by atoms with van der Waals surface area (Å²) in [7, 11) is 4.25. The van der Waals surface area contributed by atoms with E-state index in [1.54, 1.807) is 0 Å². The molecule has 1 aliphatic carbocycles. The number of likely N-dealkylation sites (N-methyl/N-ethyl adjacent to an activating group) is 2. The van der Waals surface area contributed by atoms with Gasteiger partial charge in [-0.15, -0.1) is 0 Å². The van der Waals surface area contributed by atoms with Gasteiger partial charge in [0, 0.05) is 19.6 Å². The van der Waals surface area contributed by atoms with Crippen LogP contribution in [-0.4, -0.2) is 53.7 Å². The standard InChI is InChI=1S/C15H27N5O/c1-19-8-9-20(2)12(10-19)14-17-15(21-18-14)13(16)11-6-4-3-5-7-11/h11-13H,3-10,16H2,1-2H3. The molecule has 2 unspecified atom stereocenters. The molecule has 6 heteroatoms. The smallest absolute Gasteiger partial charge is 0.243 e. The summed E-state index contributed by atoms with van der Waals surface area (Å²) in [6, 6.07) is 0.109. The molecule has 2 N–H and O–H groups in total. The van der Waals surface area contributed by atoms with Crippen LogP contribution in [0.3, 0.4) is 0 Å². The van der Waals surface area contributed by atoms with E-state index < -0.39 is 0 Å². The fraction of sp³-hybridized carbons (Fsp3) is 0.867. The largest absolute Gasteiger partial charge is 0.338 e. The normalized spacial score (nSPS) is 27.9. The Morgan fingerprint density at radius 2 is 1.95 bits per heavy atom. The predicted octanol–water partition coefficient (Wildman–Crippen LogP) is 1.57. The van der Waals surface area contributed by atoms with Crippen LogP contribution in [0.2, 0.25) is 0 Å². The van der Waals surface area contributed by atoms with Crippen molar-refractivity contribution >= 4 is 0 Å². The summed E-state index contributed by atoms with van der Waals surface area (Å²) in [5.41, 5.74) is 6.35. The molecular weight excluding hydrogens is 266 g/mol. The highest BCUT2D eigenvalue weighted by Crippen LogP contribution is 2.33. The van der Waals surface area contributed by atoms with E-state index in [-0.39, 0.29) is 12.1 Å². The van der Waals surface area contributed by atoms with E-state index >= 15 is 0 Å². The number of aromatic nitrogens is 2. The van der Waals surface area contributed by atoms with Gasteiger partial charge in [0.15, 0.2) is 5.82 Å². The van der Waals surface area contributed by atoms with Crippen LogP contribution in [0.4, 0.5) is 0 Å². The number of hydrogen-bond donors (Lipinski definition) is 1. The fourth-order valence-corrected chi connectivity index (χ4v) is 3.50. The molecule has 2 heterocycles. The second-order valence-electron chi connectivity index (χ2n) is 6.67. The minimum Gasteiger partial charge on any atom is -0.338 e. The van der Waals surface area contributed by atoms with Crippen molar-refractivity contribution in [1.82, 2.24) is 19.9 Å². The first kappa shape index (κ1) is 14.9. The van der Waals surface area contributed by atoms with E-state index in [0.29, 0.717) is 11.8 Å². The average molecular weight is 293 g/mol.